The summed E-state index contributed by atoms with van der Waals surface area (Å²) in [7, 11) is 0. The van der Waals surface area contributed by atoms with E-state index in [-0.39, 0.29) is 7.56 Å². The number of unbranched alkanes of at least 4 members (excludes halogenated alkanes) is 4. The number of halogens is 3. The average Bonchev–Trinajstić information content (AvgIpc) is 2.59. The zero-order valence-corrected chi connectivity index (χ0v) is 13.0. The van der Waals surface area contributed by atoms with Crippen LogP contribution in [0.4, 0.5) is 0 Å². The van der Waals surface area contributed by atoms with E-state index in [1.54, 1.807) is 0 Å². The normalized spacial score (nSPS) is 29.1. The third kappa shape index (κ3) is 3.76. The Bertz CT molecular complexity index is 184. The van der Waals surface area contributed by atoms with E-state index < -0.39 is 0 Å². The second-order valence-electron chi connectivity index (χ2n) is 4.09. The minimum atomic E-state index is 0.151. The van der Waals surface area contributed by atoms with Crippen LogP contribution in [0.25, 0.3) is 0 Å². The van der Waals surface area contributed by atoms with Gasteiger partial charge in [0, 0.05) is 6.61 Å². The van der Waals surface area contributed by atoms with Gasteiger partial charge in [0.25, 0.3) is 0 Å². The molecule has 1 unspecified atom stereocenters. The first-order valence-electron chi connectivity index (χ1n) is 5.19. The first-order chi connectivity index (χ1) is 6.52. The van der Waals surface area contributed by atoms with E-state index in [4.69, 9.17) is 5.11 Å². The predicted molar refractivity (Wildman–Crippen MR) is 71.6 cm³/mol. The molecule has 0 radical (unpaired) electrons. The van der Waals surface area contributed by atoms with Gasteiger partial charge in [0.15, 0.2) is 0 Å². The van der Waals surface area contributed by atoms with E-state index in [0.29, 0.717) is 6.61 Å². The maximum Gasteiger partial charge on any atom is 0.0972 e. The van der Waals surface area contributed by atoms with Gasteiger partial charge in [-0.1, -0.05) is 73.5 Å². The zero-order chi connectivity index (χ0) is 10.7. The molecule has 1 aliphatic carbocycles. The molecule has 0 aromatic rings. The molecular weight excluding hydrogens is 376 g/mol. The first-order valence-corrected chi connectivity index (χ1v) is 7.57. The molecule has 0 bridgehead atoms. The molecule has 0 amide bonds. The van der Waals surface area contributed by atoms with Gasteiger partial charge in [-0.25, -0.2) is 0 Å². The zero-order valence-electron chi connectivity index (χ0n) is 8.24. The molecule has 84 valence electrons. The van der Waals surface area contributed by atoms with Gasteiger partial charge in [-0.05, 0) is 19.3 Å². The van der Waals surface area contributed by atoms with E-state index in [1.807, 2.05) is 0 Å². The molecular formula is C10H17Br3O. The molecule has 0 heterocycles. The maximum absolute atomic E-state index is 8.61. The van der Waals surface area contributed by atoms with Crippen molar-refractivity contribution in [2.75, 3.05) is 6.61 Å². The SMILES string of the molecule is OCCCCCCCC1(Br)CC1(Br)Br. The van der Waals surface area contributed by atoms with Gasteiger partial charge in [-0.2, -0.15) is 0 Å². The number of rotatable bonds is 7. The summed E-state index contributed by atoms with van der Waals surface area (Å²) in [6.45, 7) is 0.342. The summed E-state index contributed by atoms with van der Waals surface area (Å²) in [5.74, 6) is 0. The van der Waals surface area contributed by atoms with Gasteiger partial charge >= 0.3 is 0 Å². The summed E-state index contributed by atoms with van der Waals surface area (Å²) in [6.07, 6.45) is 8.32. The third-order valence-electron chi connectivity index (χ3n) is 2.76. The highest BCUT2D eigenvalue weighted by Crippen LogP contribution is 2.67. The first kappa shape index (κ1) is 13.5. The molecule has 0 aliphatic heterocycles. The Morgan fingerprint density at radius 2 is 1.43 bits per heavy atom. The Kier molecular flexibility index (Phi) is 5.43. The molecule has 1 atom stereocenters. The van der Waals surface area contributed by atoms with Crippen LogP contribution in [0.15, 0.2) is 0 Å². The van der Waals surface area contributed by atoms with Crippen molar-refractivity contribution in [3.05, 3.63) is 0 Å². The van der Waals surface area contributed by atoms with Crippen LogP contribution in [0.2, 0.25) is 0 Å². The third-order valence-corrected chi connectivity index (χ3v) is 7.26. The van der Waals surface area contributed by atoms with Crippen molar-refractivity contribution in [3.8, 4) is 0 Å². The largest absolute Gasteiger partial charge is 0.396 e. The van der Waals surface area contributed by atoms with Gasteiger partial charge in [0.05, 0.1) is 7.56 Å². The summed E-state index contributed by atoms with van der Waals surface area (Å²) in [5, 5.41) is 8.61. The van der Waals surface area contributed by atoms with Gasteiger partial charge in [0.2, 0.25) is 0 Å². The molecule has 1 saturated carbocycles. The smallest absolute Gasteiger partial charge is 0.0972 e. The standard InChI is InChI=1S/C10H17Br3O/c11-9(8-10(9,12)13)6-4-2-1-3-5-7-14/h14H,1-8H2. The van der Waals surface area contributed by atoms with E-state index in [9.17, 15) is 0 Å². The van der Waals surface area contributed by atoms with Crippen molar-refractivity contribution in [3.63, 3.8) is 0 Å². The lowest BCUT2D eigenvalue weighted by atomic mass is 10.1. The minimum Gasteiger partial charge on any atom is -0.396 e. The molecule has 0 aromatic carbocycles. The van der Waals surface area contributed by atoms with Gasteiger partial charge in [0.1, 0.15) is 0 Å². The second kappa shape index (κ2) is 5.65. The molecule has 0 aromatic heterocycles. The van der Waals surface area contributed by atoms with Crippen molar-refractivity contribution in [1.29, 1.82) is 0 Å². The predicted octanol–water partition coefficient (Wildman–Crippen LogP) is 4.34. The van der Waals surface area contributed by atoms with E-state index >= 15 is 0 Å². The minimum absolute atomic E-state index is 0.151. The van der Waals surface area contributed by atoms with E-state index in [1.165, 1.54) is 32.1 Å². The van der Waals surface area contributed by atoms with Crippen LogP contribution >= 0.6 is 47.8 Å². The van der Waals surface area contributed by atoms with Crippen LogP contribution in [-0.2, 0) is 0 Å². The van der Waals surface area contributed by atoms with Crippen LogP contribution in [0.1, 0.15) is 44.9 Å². The molecule has 1 fully saturated rings. The van der Waals surface area contributed by atoms with E-state index in [2.05, 4.69) is 47.8 Å². The number of alkyl halides is 3. The van der Waals surface area contributed by atoms with Crippen LogP contribution in [0.5, 0.6) is 0 Å². The average molecular weight is 393 g/mol. The monoisotopic (exact) mass is 390 g/mol. The van der Waals surface area contributed by atoms with Gasteiger partial charge in [-0.3, -0.25) is 0 Å². The maximum atomic E-state index is 8.61. The summed E-state index contributed by atoms with van der Waals surface area (Å²) in [4.78, 5) is 0. The summed E-state index contributed by atoms with van der Waals surface area (Å²) >= 11 is 11.0. The highest BCUT2D eigenvalue weighted by Gasteiger charge is 2.62. The molecule has 1 nitrogen and oxygen atoms in total. The molecule has 1 aliphatic rings. The van der Waals surface area contributed by atoms with Crippen molar-refractivity contribution in [2.45, 2.75) is 52.5 Å². The van der Waals surface area contributed by atoms with Crippen LogP contribution in [-0.4, -0.2) is 19.3 Å². The number of aliphatic hydroxyl groups excluding tert-OH is 1. The van der Waals surface area contributed by atoms with Crippen LogP contribution < -0.4 is 0 Å². The van der Waals surface area contributed by atoms with Crippen molar-refractivity contribution < 1.29 is 5.11 Å². The van der Waals surface area contributed by atoms with E-state index in [0.717, 1.165) is 12.8 Å². The summed E-state index contributed by atoms with van der Waals surface area (Å²) in [5.41, 5.74) is 0. The molecule has 14 heavy (non-hydrogen) atoms. The fraction of sp³-hybridized carbons (Fsp3) is 1.00. The van der Waals surface area contributed by atoms with Crippen molar-refractivity contribution in [2.24, 2.45) is 0 Å². The topological polar surface area (TPSA) is 20.2 Å². The number of aliphatic hydroxyl groups is 1. The summed E-state index contributed by atoms with van der Waals surface area (Å²) < 4.78 is 0.440. The van der Waals surface area contributed by atoms with Crippen LogP contribution in [0, 0.1) is 0 Å². The molecule has 1 rings (SSSR count). The Morgan fingerprint density at radius 1 is 0.929 bits per heavy atom. The molecule has 1 N–H and O–H groups in total. The fourth-order valence-electron chi connectivity index (χ4n) is 1.63. The van der Waals surface area contributed by atoms with Crippen molar-refractivity contribution >= 4 is 47.8 Å². The van der Waals surface area contributed by atoms with Gasteiger partial charge < -0.3 is 5.11 Å². The number of hydrogen-bond donors (Lipinski definition) is 1. The Balaban J connectivity index is 1.95. The number of hydrogen-bond acceptors (Lipinski definition) is 1. The molecule has 0 saturated heterocycles. The lowest BCUT2D eigenvalue weighted by Gasteiger charge is -2.09. The lowest BCUT2D eigenvalue weighted by molar-refractivity contribution is 0.282. The molecule has 4 heteroatoms. The Morgan fingerprint density at radius 3 is 1.93 bits per heavy atom. The quantitative estimate of drug-likeness (QED) is 0.504. The summed E-state index contributed by atoms with van der Waals surface area (Å²) in [6, 6.07) is 0. The van der Waals surface area contributed by atoms with Crippen molar-refractivity contribution in [1.82, 2.24) is 0 Å². The highest BCUT2D eigenvalue weighted by atomic mass is 79.9. The Hall–Kier alpha value is 1.40. The lowest BCUT2D eigenvalue weighted by Crippen LogP contribution is -2.06. The Labute approximate surface area is 111 Å². The fourth-order valence-corrected chi connectivity index (χ4v) is 4.43. The second-order valence-corrected chi connectivity index (χ2v) is 9.38. The van der Waals surface area contributed by atoms with Crippen LogP contribution in [0.3, 0.4) is 0 Å². The highest BCUT2D eigenvalue weighted by molar-refractivity contribution is 9.26. The van der Waals surface area contributed by atoms with Gasteiger partial charge in [-0.15, -0.1) is 0 Å². The molecule has 0 spiro atoms.